The summed E-state index contributed by atoms with van der Waals surface area (Å²) in [6.45, 7) is 5.63. The SMILES string of the molecule is Cc1cc(C(=O)N2c3ccccc3C[C@H]2C)c([N+](=O)[O-])cc1C.O=C=O. The molecule has 0 N–H and O–H groups in total. The van der Waals surface area contributed by atoms with Crippen LogP contribution < -0.4 is 4.90 Å². The lowest BCUT2D eigenvalue weighted by molar-refractivity contribution is -0.385. The number of para-hydroxylation sites is 1. The number of benzene rings is 2. The van der Waals surface area contributed by atoms with Crippen molar-refractivity contribution < 1.29 is 19.3 Å². The minimum Gasteiger partial charge on any atom is -0.305 e. The Kier molecular flexibility index (Phi) is 5.64. The molecule has 0 aromatic heterocycles. The van der Waals surface area contributed by atoms with E-state index in [9.17, 15) is 14.9 Å². The Balaban J connectivity index is 0.000000758. The monoisotopic (exact) mass is 354 g/mol. The third-order valence-electron chi connectivity index (χ3n) is 4.47. The Hall–Kier alpha value is -3.31. The van der Waals surface area contributed by atoms with Gasteiger partial charge in [-0.1, -0.05) is 18.2 Å². The van der Waals surface area contributed by atoms with E-state index in [2.05, 4.69) is 0 Å². The minimum absolute atomic E-state index is 0.0129. The summed E-state index contributed by atoms with van der Waals surface area (Å²) < 4.78 is 0. The molecule has 0 bridgehead atoms. The molecule has 26 heavy (non-hydrogen) atoms. The lowest BCUT2D eigenvalue weighted by atomic mass is 10.0. The summed E-state index contributed by atoms with van der Waals surface area (Å²) in [6, 6.07) is 10.8. The van der Waals surface area contributed by atoms with Crippen LogP contribution in [0.1, 0.15) is 34.0 Å². The Morgan fingerprint density at radius 2 is 1.77 bits per heavy atom. The smallest absolute Gasteiger partial charge is 0.305 e. The van der Waals surface area contributed by atoms with Crippen molar-refractivity contribution in [1.82, 2.24) is 0 Å². The zero-order valence-electron chi connectivity index (χ0n) is 14.7. The molecular weight excluding hydrogens is 336 g/mol. The number of amides is 1. The highest BCUT2D eigenvalue weighted by Gasteiger charge is 2.34. The largest absolute Gasteiger partial charge is 0.373 e. The van der Waals surface area contributed by atoms with E-state index in [4.69, 9.17) is 9.59 Å². The molecular formula is C19H18N2O5. The van der Waals surface area contributed by atoms with Gasteiger partial charge in [-0.25, -0.2) is 0 Å². The molecule has 0 saturated carbocycles. The summed E-state index contributed by atoms with van der Waals surface area (Å²) in [5.74, 6) is -0.308. The molecule has 1 aliphatic rings. The molecule has 7 nitrogen and oxygen atoms in total. The van der Waals surface area contributed by atoms with Gasteiger partial charge in [0.05, 0.1) is 4.92 Å². The van der Waals surface area contributed by atoms with E-state index in [1.807, 2.05) is 45.0 Å². The molecule has 0 saturated heterocycles. The molecule has 0 fully saturated rings. The normalized spacial score (nSPS) is 14.7. The maximum absolute atomic E-state index is 13.0. The van der Waals surface area contributed by atoms with Crippen LogP contribution in [0.4, 0.5) is 11.4 Å². The molecule has 7 heteroatoms. The standard InChI is InChI=1S/C18H18N2O3.CO2/c1-11-8-15(17(20(22)23)9-12(11)2)18(21)19-13(3)10-14-6-4-5-7-16(14)19;2-1-3/h4-9,13H,10H2,1-3H3;/t13-;/m1./s1. The first-order chi connectivity index (χ1) is 12.3. The molecule has 0 radical (unpaired) electrons. The van der Waals surface area contributed by atoms with Crippen molar-refractivity contribution in [3.8, 4) is 0 Å². The molecule has 1 amide bonds. The van der Waals surface area contributed by atoms with Gasteiger partial charge in [0.2, 0.25) is 0 Å². The quantitative estimate of drug-likeness (QED) is 0.609. The Labute approximate surface area is 150 Å². The lowest BCUT2D eigenvalue weighted by Crippen LogP contribution is -2.36. The van der Waals surface area contributed by atoms with Crippen molar-refractivity contribution >= 4 is 23.4 Å². The van der Waals surface area contributed by atoms with Gasteiger partial charge >= 0.3 is 6.15 Å². The van der Waals surface area contributed by atoms with Gasteiger partial charge in [-0.15, -0.1) is 0 Å². The molecule has 3 rings (SSSR count). The highest BCUT2D eigenvalue weighted by atomic mass is 16.6. The lowest BCUT2D eigenvalue weighted by Gasteiger charge is -2.23. The Morgan fingerprint density at radius 1 is 1.19 bits per heavy atom. The second-order valence-electron chi connectivity index (χ2n) is 6.15. The molecule has 0 spiro atoms. The number of carbonyl (C=O) groups is 1. The van der Waals surface area contributed by atoms with Gasteiger partial charge in [0, 0.05) is 17.8 Å². The van der Waals surface area contributed by atoms with Crippen molar-refractivity contribution in [2.75, 3.05) is 4.90 Å². The molecule has 2 aromatic rings. The van der Waals surface area contributed by atoms with Gasteiger partial charge in [-0.05, 0) is 56.0 Å². The summed E-state index contributed by atoms with van der Waals surface area (Å²) in [4.78, 5) is 41.8. The van der Waals surface area contributed by atoms with E-state index < -0.39 is 4.92 Å². The van der Waals surface area contributed by atoms with Crippen LogP contribution in [0.3, 0.4) is 0 Å². The van der Waals surface area contributed by atoms with Crippen molar-refractivity contribution in [2.24, 2.45) is 0 Å². The second-order valence-corrected chi connectivity index (χ2v) is 6.15. The number of anilines is 1. The topological polar surface area (TPSA) is 97.6 Å². The molecule has 0 aliphatic carbocycles. The number of nitro groups is 1. The fourth-order valence-corrected chi connectivity index (χ4v) is 3.13. The number of carbonyl (C=O) groups excluding carboxylic acids is 3. The first kappa shape index (κ1) is 19.0. The van der Waals surface area contributed by atoms with Crippen LogP contribution in [-0.2, 0) is 16.0 Å². The van der Waals surface area contributed by atoms with Crippen LogP contribution in [0, 0.1) is 24.0 Å². The number of aryl methyl sites for hydroxylation is 2. The molecule has 1 atom stereocenters. The zero-order chi connectivity index (χ0) is 19.4. The number of nitro benzene ring substituents is 1. The highest BCUT2D eigenvalue weighted by Crippen LogP contribution is 2.35. The Bertz CT molecular complexity index is 901. The van der Waals surface area contributed by atoms with E-state index in [1.54, 1.807) is 11.0 Å². The summed E-state index contributed by atoms with van der Waals surface area (Å²) in [6.07, 6.45) is 1.01. The third kappa shape index (κ3) is 3.53. The maximum atomic E-state index is 13.0. The first-order valence-corrected chi connectivity index (χ1v) is 7.98. The number of nitrogens with zero attached hydrogens (tertiary/aromatic N) is 2. The van der Waals surface area contributed by atoms with Crippen molar-refractivity contribution in [3.05, 3.63) is 68.8 Å². The van der Waals surface area contributed by atoms with Crippen molar-refractivity contribution in [1.29, 1.82) is 0 Å². The van der Waals surface area contributed by atoms with Crippen LogP contribution >= 0.6 is 0 Å². The third-order valence-corrected chi connectivity index (χ3v) is 4.47. The molecule has 1 heterocycles. The van der Waals surface area contributed by atoms with Gasteiger partial charge in [0.25, 0.3) is 11.6 Å². The summed E-state index contributed by atoms with van der Waals surface area (Å²) in [7, 11) is 0. The summed E-state index contributed by atoms with van der Waals surface area (Å²) >= 11 is 0. The molecule has 0 unspecified atom stereocenters. The van der Waals surface area contributed by atoms with E-state index in [-0.39, 0.29) is 29.4 Å². The molecule has 2 aromatic carbocycles. The van der Waals surface area contributed by atoms with Crippen molar-refractivity contribution in [3.63, 3.8) is 0 Å². The number of hydrogen-bond donors (Lipinski definition) is 0. The van der Waals surface area contributed by atoms with Gasteiger partial charge in [0.15, 0.2) is 0 Å². The maximum Gasteiger partial charge on any atom is 0.373 e. The first-order valence-electron chi connectivity index (χ1n) is 7.98. The van der Waals surface area contributed by atoms with Gasteiger partial charge < -0.3 is 4.90 Å². The number of fused-ring (bicyclic) bond motifs is 1. The van der Waals surface area contributed by atoms with Crippen molar-refractivity contribution in [2.45, 2.75) is 33.2 Å². The minimum atomic E-state index is -0.480. The highest BCUT2D eigenvalue weighted by molar-refractivity contribution is 6.10. The number of rotatable bonds is 2. The van der Waals surface area contributed by atoms with E-state index in [0.717, 1.165) is 28.8 Å². The summed E-state index contributed by atoms with van der Waals surface area (Å²) in [5.41, 5.74) is 3.65. The molecule has 1 aliphatic heterocycles. The number of hydrogen-bond acceptors (Lipinski definition) is 5. The van der Waals surface area contributed by atoms with Gasteiger partial charge in [-0.3, -0.25) is 14.9 Å². The van der Waals surface area contributed by atoms with Gasteiger partial charge in [0.1, 0.15) is 5.56 Å². The predicted molar refractivity (Wildman–Crippen MR) is 94.0 cm³/mol. The van der Waals surface area contributed by atoms with Crippen LogP contribution in [0.2, 0.25) is 0 Å². The van der Waals surface area contributed by atoms with E-state index in [1.165, 1.54) is 6.07 Å². The fourth-order valence-electron chi connectivity index (χ4n) is 3.13. The molecule has 134 valence electrons. The average Bonchev–Trinajstić information content (AvgIpc) is 2.92. The van der Waals surface area contributed by atoms with E-state index in [0.29, 0.717) is 0 Å². The summed E-state index contributed by atoms with van der Waals surface area (Å²) in [5, 5.41) is 11.4. The van der Waals surface area contributed by atoms with Crippen LogP contribution in [0.5, 0.6) is 0 Å². The van der Waals surface area contributed by atoms with Crippen LogP contribution in [-0.4, -0.2) is 23.0 Å². The van der Waals surface area contributed by atoms with E-state index >= 15 is 0 Å². The second kappa shape index (κ2) is 7.72. The fraction of sp³-hybridized carbons (Fsp3) is 0.263. The van der Waals surface area contributed by atoms with Gasteiger partial charge in [-0.2, -0.15) is 9.59 Å². The average molecular weight is 354 g/mol. The van der Waals surface area contributed by atoms with Crippen LogP contribution in [0.25, 0.3) is 0 Å². The Morgan fingerprint density at radius 3 is 2.38 bits per heavy atom. The zero-order valence-corrected chi connectivity index (χ0v) is 14.7. The predicted octanol–water partition coefficient (Wildman–Crippen LogP) is 3.22. The van der Waals surface area contributed by atoms with Crippen LogP contribution in [0.15, 0.2) is 36.4 Å².